The Labute approximate surface area is 177 Å². The van der Waals surface area contributed by atoms with Crippen molar-refractivity contribution in [3.63, 3.8) is 0 Å². The third-order valence-electron chi connectivity index (χ3n) is 4.75. The molecule has 0 atom stereocenters. The van der Waals surface area contributed by atoms with Gasteiger partial charge in [0.15, 0.2) is 0 Å². The molecule has 3 aromatic rings. The first kappa shape index (κ1) is 21.1. The second kappa shape index (κ2) is 10.8. The second-order valence-corrected chi connectivity index (χ2v) is 6.83. The average molecular weight is 402 g/mol. The van der Waals surface area contributed by atoms with Crippen LogP contribution >= 0.6 is 0 Å². The Morgan fingerprint density at radius 3 is 1.90 bits per heavy atom. The molecule has 3 aromatic carbocycles. The summed E-state index contributed by atoms with van der Waals surface area (Å²) >= 11 is 0. The Balaban J connectivity index is 1.55. The van der Waals surface area contributed by atoms with Gasteiger partial charge in [-0.25, -0.2) is 0 Å². The summed E-state index contributed by atoms with van der Waals surface area (Å²) in [6, 6.07) is 27.2. The third-order valence-corrected chi connectivity index (χ3v) is 4.75. The van der Waals surface area contributed by atoms with Crippen LogP contribution in [0.4, 0.5) is 5.69 Å². The highest BCUT2D eigenvalue weighted by Gasteiger charge is 2.17. The molecule has 5 nitrogen and oxygen atoms in total. The summed E-state index contributed by atoms with van der Waals surface area (Å²) in [5.41, 5.74) is 2.90. The van der Waals surface area contributed by atoms with Crippen LogP contribution < -0.4 is 15.4 Å². The molecule has 0 spiro atoms. The molecule has 0 saturated carbocycles. The summed E-state index contributed by atoms with van der Waals surface area (Å²) in [6.45, 7) is 2.87. The van der Waals surface area contributed by atoms with Crippen LogP contribution in [0.25, 0.3) is 0 Å². The lowest BCUT2D eigenvalue weighted by molar-refractivity contribution is -0.136. The monoisotopic (exact) mass is 402 g/mol. The van der Waals surface area contributed by atoms with Crippen LogP contribution in [0, 0.1) is 0 Å². The maximum absolute atomic E-state index is 12.2. The van der Waals surface area contributed by atoms with E-state index in [4.69, 9.17) is 4.74 Å². The van der Waals surface area contributed by atoms with Gasteiger partial charge in [-0.05, 0) is 48.7 Å². The molecule has 5 heteroatoms. The van der Waals surface area contributed by atoms with Gasteiger partial charge >= 0.3 is 11.8 Å². The highest BCUT2D eigenvalue weighted by Crippen LogP contribution is 2.27. The number of carbonyl (C=O) groups is 2. The molecule has 2 amide bonds. The third kappa shape index (κ3) is 5.95. The van der Waals surface area contributed by atoms with E-state index in [0.717, 1.165) is 0 Å². The van der Waals surface area contributed by atoms with Crippen molar-refractivity contribution in [2.45, 2.75) is 19.3 Å². The molecule has 0 fully saturated rings. The van der Waals surface area contributed by atoms with Crippen molar-refractivity contribution in [2.75, 3.05) is 18.5 Å². The molecule has 0 bridgehead atoms. The normalized spacial score (nSPS) is 10.5. The summed E-state index contributed by atoms with van der Waals surface area (Å²) in [6.07, 6.45) is 0.691. The number of amides is 2. The van der Waals surface area contributed by atoms with Crippen LogP contribution in [0.1, 0.15) is 30.4 Å². The van der Waals surface area contributed by atoms with Crippen LogP contribution in [-0.2, 0) is 9.59 Å². The summed E-state index contributed by atoms with van der Waals surface area (Å²) in [5, 5.41) is 5.33. The van der Waals surface area contributed by atoms with Crippen molar-refractivity contribution in [1.29, 1.82) is 0 Å². The Morgan fingerprint density at radius 1 is 0.800 bits per heavy atom. The highest BCUT2D eigenvalue weighted by molar-refractivity contribution is 6.39. The van der Waals surface area contributed by atoms with Crippen molar-refractivity contribution in [1.82, 2.24) is 5.32 Å². The van der Waals surface area contributed by atoms with Gasteiger partial charge in [-0.1, -0.05) is 60.7 Å². The molecule has 0 unspecified atom stereocenters. The van der Waals surface area contributed by atoms with Gasteiger partial charge in [-0.15, -0.1) is 0 Å². The SMILES string of the molecule is CCOc1ccc(NC(=O)C(=O)NCCC(c2ccccc2)c2ccccc2)cc1. The van der Waals surface area contributed by atoms with E-state index < -0.39 is 11.8 Å². The summed E-state index contributed by atoms with van der Waals surface area (Å²) < 4.78 is 5.37. The average Bonchev–Trinajstić information content (AvgIpc) is 2.79. The quantitative estimate of drug-likeness (QED) is 0.550. The Bertz CT molecular complexity index is 902. The van der Waals surface area contributed by atoms with Crippen molar-refractivity contribution in [3.05, 3.63) is 96.1 Å². The maximum atomic E-state index is 12.2. The van der Waals surface area contributed by atoms with Crippen molar-refractivity contribution < 1.29 is 14.3 Å². The number of benzene rings is 3. The molecular weight excluding hydrogens is 376 g/mol. The van der Waals surface area contributed by atoms with Crippen LogP contribution in [-0.4, -0.2) is 25.0 Å². The highest BCUT2D eigenvalue weighted by atomic mass is 16.5. The molecule has 0 aromatic heterocycles. The molecule has 0 saturated heterocycles. The first-order valence-corrected chi connectivity index (χ1v) is 10.1. The largest absolute Gasteiger partial charge is 0.494 e. The van der Waals surface area contributed by atoms with Gasteiger partial charge in [-0.2, -0.15) is 0 Å². The van der Waals surface area contributed by atoms with Crippen molar-refractivity contribution in [2.24, 2.45) is 0 Å². The van der Waals surface area contributed by atoms with Gasteiger partial charge < -0.3 is 15.4 Å². The van der Waals surface area contributed by atoms with Gasteiger partial charge in [0.2, 0.25) is 0 Å². The van der Waals surface area contributed by atoms with Gasteiger partial charge in [0.1, 0.15) is 5.75 Å². The van der Waals surface area contributed by atoms with E-state index in [2.05, 4.69) is 34.9 Å². The van der Waals surface area contributed by atoms with E-state index >= 15 is 0 Å². The Hall–Kier alpha value is -3.60. The molecular formula is C25H26N2O3. The first-order valence-electron chi connectivity index (χ1n) is 10.1. The predicted octanol–water partition coefficient (Wildman–Crippen LogP) is 4.36. The molecule has 0 heterocycles. The fourth-order valence-corrected chi connectivity index (χ4v) is 3.30. The van der Waals surface area contributed by atoms with Crippen molar-refractivity contribution in [3.8, 4) is 5.75 Å². The number of anilines is 1. The first-order chi connectivity index (χ1) is 14.7. The lowest BCUT2D eigenvalue weighted by Gasteiger charge is -2.18. The minimum atomic E-state index is -0.685. The molecule has 0 radical (unpaired) electrons. The maximum Gasteiger partial charge on any atom is 0.313 e. The second-order valence-electron chi connectivity index (χ2n) is 6.83. The van der Waals surface area contributed by atoms with Gasteiger partial charge in [-0.3, -0.25) is 9.59 Å². The zero-order valence-electron chi connectivity index (χ0n) is 17.0. The number of rotatable bonds is 8. The number of hydrogen-bond acceptors (Lipinski definition) is 3. The van der Waals surface area contributed by atoms with E-state index in [-0.39, 0.29) is 5.92 Å². The fraction of sp³-hybridized carbons (Fsp3) is 0.200. The molecule has 30 heavy (non-hydrogen) atoms. The number of nitrogens with one attached hydrogen (secondary N) is 2. The smallest absolute Gasteiger partial charge is 0.313 e. The van der Waals surface area contributed by atoms with Crippen LogP contribution in [0.2, 0.25) is 0 Å². The minimum Gasteiger partial charge on any atom is -0.494 e. The van der Waals surface area contributed by atoms with E-state index in [9.17, 15) is 9.59 Å². The van der Waals surface area contributed by atoms with E-state index in [1.165, 1.54) is 11.1 Å². The zero-order chi connectivity index (χ0) is 21.2. The molecule has 0 aliphatic carbocycles. The lowest BCUT2D eigenvalue weighted by Crippen LogP contribution is -2.36. The van der Waals surface area contributed by atoms with Gasteiger partial charge in [0.25, 0.3) is 0 Å². The number of ether oxygens (including phenoxy) is 1. The van der Waals surface area contributed by atoms with Crippen molar-refractivity contribution >= 4 is 17.5 Å². The number of hydrogen-bond donors (Lipinski definition) is 2. The topological polar surface area (TPSA) is 67.4 Å². The van der Waals surface area contributed by atoms with Gasteiger partial charge in [0.05, 0.1) is 6.61 Å². The van der Waals surface area contributed by atoms with Crippen LogP contribution in [0.5, 0.6) is 5.75 Å². The van der Waals surface area contributed by atoms with E-state index in [1.807, 2.05) is 43.3 Å². The molecule has 0 aliphatic heterocycles. The number of carbonyl (C=O) groups excluding carboxylic acids is 2. The Kier molecular flexibility index (Phi) is 7.61. The van der Waals surface area contributed by atoms with Gasteiger partial charge in [0, 0.05) is 18.2 Å². The predicted molar refractivity (Wildman–Crippen MR) is 119 cm³/mol. The van der Waals surface area contributed by atoms with E-state index in [1.54, 1.807) is 24.3 Å². The molecule has 154 valence electrons. The molecule has 2 N–H and O–H groups in total. The van der Waals surface area contributed by atoms with Crippen LogP contribution in [0.3, 0.4) is 0 Å². The lowest BCUT2D eigenvalue weighted by atomic mass is 9.88. The van der Waals surface area contributed by atoms with Crippen LogP contribution in [0.15, 0.2) is 84.9 Å². The zero-order valence-corrected chi connectivity index (χ0v) is 17.0. The molecule has 3 rings (SSSR count). The fourth-order valence-electron chi connectivity index (χ4n) is 3.30. The summed E-state index contributed by atoms with van der Waals surface area (Å²) in [7, 11) is 0. The van der Waals surface area contributed by atoms with E-state index in [0.29, 0.717) is 31.0 Å². The Morgan fingerprint density at radius 2 is 1.37 bits per heavy atom. The summed E-state index contributed by atoms with van der Waals surface area (Å²) in [5.74, 6) is -0.478. The summed E-state index contributed by atoms with van der Waals surface area (Å²) in [4.78, 5) is 24.4. The standard InChI is InChI=1S/C25H26N2O3/c1-2-30-22-15-13-21(14-16-22)27-25(29)24(28)26-18-17-23(19-9-5-3-6-10-19)20-11-7-4-8-12-20/h3-16,23H,2,17-18H2,1H3,(H,26,28)(H,27,29). The molecule has 0 aliphatic rings. The minimum absolute atomic E-state index is 0.141.